The molecule has 0 amide bonds. The zero-order valence-corrected chi connectivity index (χ0v) is 16.1. The zero-order valence-electron chi connectivity index (χ0n) is 13.0. The average molecular weight is 408 g/mol. The summed E-state index contributed by atoms with van der Waals surface area (Å²) in [4.78, 5) is 1.17. The van der Waals surface area contributed by atoms with Crippen molar-refractivity contribution in [2.24, 2.45) is 5.10 Å². The monoisotopic (exact) mass is 406 g/mol. The first kappa shape index (κ1) is 16.9. The van der Waals surface area contributed by atoms with Crippen LogP contribution in [0.1, 0.15) is 22.9 Å². The summed E-state index contributed by atoms with van der Waals surface area (Å²) in [5, 5.41) is 10.9. The van der Waals surface area contributed by atoms with Gasteiger partial charge in [-0.2, -0.15) is 5.10 Å². The normalized spacial score (nSPS) is 17.0. The molecule has 0 saturated carbocycles. The van der Waals surface area contributed by atoms with Crippen molar-refractivity contribution in [3.8, 4) is 0 Å². The minimum absolute atomic E-state index is 0.0167. The first-order valence-electron chi connectivity index (χ1n) is 7.73. The van der Waals surface area contributed by atoms with Crippen molar-refractivity contribution in [3.05, 3.63) is 85.5 Å². The maximum absolute atomic E-state index is 6.48. The second-order valence-corrected chi connectivity index (χ2v) is 7.96. The van der Waals surface area contributed by atoms with Gasteiger partial charge in [0.1, 0.15) is 0 Å². The van der Waals surface area contributed by atoms with Gasteiger partial charge in [0, 0.05) is 21.5 Å². The largest absolute Gasteiger partial charge is 0.257 e. The lowest BCUT2D eigenvalue weighted by molar-refractivity contribution is 0.709. The number of hydrogen-bond donors (Lipinski definition) is 0. The number of benzene rings is 2. The molecule has 2 heterocycles. The fourth-order valence-electron chi connectivity index (χ4n) is 2.95. The minimum Gasteiger partial charge on any atom is -0.257 e. The topological polar surface area (TPSA) is 15.6 Å². The van der Waals surface area contributed by atoms with E-state index in [-0.39, 0.29) is 6.04 Å². The number of nitrogens with zero attached hydrogens (tertiary/aromatic N) is 2. The van der Waals surface area contributed by atoms with E-state index >= 15 is 0 Å². The summed E-state index contributed by atoms with van der Waals surface area (Å²) in [6.45, 7) is 0. The molecule has 0 bridgehead atoms. The molecule has 2 aromatic carbocycles. The minimum atomic E-state index is 0.0167. The van der Waals surface area contributed by atoms with Crippen LogP contribution in [0.2, 0.25) is 15.1 Å². The van der Waals surface area contributed by atoms with Crippen LogP contribution >= 0.6 is 46.1 Å². The predicted molar refractivity (Wildman–Crippen MR) is 109 cm³/mol. The van der Waals surface area contributed by atoms with Gasteiger partial charge in [-0.15, -0.1) is 11.3 Å². The third-order valence-corrected chi connectivity index (χ3v) is 5.86. The fraction of sp³-hybridized carbons (Fsp3) is 0.105. The van der Waals surface area contributed by atoms with Gasteiger partial charge in [-0.1, -0.05) is 46.9 Å². The van der Waals surface area contributed by atoms with E-state index in [0.29, 0.717) is 15.1 Å². The summed E-state index contributed by atoms with van der Waals surface area (Å²) in [7, 11) is 0. The van der Waals surface area contributed by atoms with Gasteiger partial charge in [0.15, 0.2) is 0 Å². The van der Waals surface area contributed by atoms with E-state index in [0.717, 1.165) is 23.4 Å². The van der Waals surface area contributed by atoms with Gasteiger partial charge >= 0.3 is 0 Å². The number of rotatable bonds is 3. The lowest BCUT2D eigenvalue weighted by Gasteiger charge is -2.25. The molecule has 1 aliphatic rings. The number of anilines is 1. The highest BCUT2D eigenvalue weighted by molar-refractivity contribution is 7.12. The molecule has 2 nitrogen and oxygen atoms in total. The SMILES string of the molecule is Clc1ccc(N2N=C(c3cccs3)C[C@H]2c2ccc(Cl)cc2Cl)cc1. The maximum Gasteiger partial charge on any atom is 0.0846 e. The van der Waals surface area contributed by atoms with E-state index in [1.54, 1.807) is 17.4 Å². The van der Waals surface area contributed by atoms with E-state index in [4.69, 9.17) is 39.9 Å². The summed E-state index contributed by atoms with van der Waals surface area (Å²) in [6.07, 6.45) is 0.782. The van der Waals surface area contributed by atoms with Gasteiger partial charge in [0.05, 0.1) is 22.3 Å². The van der Waals surface area contributed by atoms with Gasteiger partial charge in [-0.05, 0) is 53.4 Å². The molecular weight excluding hydrogens is 395 g/mol. The summed E-state index contributed by atoms with van der Waals surface area (Å²) >= 11 is 20.3. The van der Waals surface area contributed by atoms with Crippen molar-refractivity contribution in [1.29, 1.82) is 0 Å². The van der Waals surface area contributed by atoms with E-state index in [1.807, 2.05) is 47.5 Å². The van der Waals surface area contributed by atoms with Crippen molar-refractivity contribution in [2.75, 3.05) is 5.01 Å². The molecule has 1 aliphatic heterocycles. The van der Waals surface area contributed by atoms with Gasteiger partial charge < -0.3 is 0 Å². The summed E-state index contributed by atoms with van der Waals surface area (Å²) < 4.78 is 0. The van der Waals surface area contributed by atoms with Crippen LogP contribution < -0.4 is 5.01 Å². The molecule has 0 N–H and O–H groups in total. The standard InChI is InChI=1S/C19H13Cl3N2S/c20-12-3-6-14(7-4-12)24-18(15-8-5-13(21)10-16(15)22)11-17(23-24)19-2-1-9-25-19/h1-10,18H,11H2/t18-/m0/s1. The van der Waals surface area contributed by atoms with Gasteiger partial charge in [0.25, 0.3) is 0 Å². The lowest BCUT2D eigenvalue weighted by atomic mass is 10.0. The van der Waals surface area contributed by atoms with Crippen LogP contribution in [0.3, 0.4) is 0 Å². The first-order chi connectivity index (χ1) is 12.1. The number of halogens is 3. The van der Waals surface area contributed by atoms with Crippen LogP contribution in [0.5, 0.6) is 0 Å². The van der Waals surface area contributed by atoms with E-state index < -0.39 is 0 Å². The molecule has 0 aliphatic carbocycles. The smallest absolute Gasteiger partial charge is 0.0846 e. The summed E-state index contributed by atoms with van der Waals surface area (Å²) in [5.41, 5.74) is 3.05. The zero-order chi connectivity index (χ0) is 17.4. The van der Waals surface area contributed by atoms with E-state index in [9.17, 15) is 0 Å². The summed E-state index contributed by atoms with van der Waals surface area (Å²) in [6, 6.07) is 17.5. The number of thiophene rings is 1. The van der Waals surface area contributed by atoms with Crippen LogP contribution in [0.25, 0.3) is 0 Å². The van der Waals surface area contributed by atoms with Crippen LogP contribution in [0.4, 0.5) is 5.69 Å². The molecule has 4 rings (SSSR count). The highest BCUT2D eigenvalue weighted by Crippen LogP contribution is 2.40. The molecular formula is C19H13Cl3N2S. The van der Waals surface area contributed by atoms with Crippen molar-refractivity contribution in [1.82, 2.24) is 0 Å². The average Bonchev–Trinajstić information content (AvgIpc) is 3.25. The molecule has 0 unspecified atom stereocenters. The van der Waals surface area contributed by atoms with Crippen LogP contribution in [-0.4, -0.2) is 5.71 Å². The molecule has 126 valence electrons. The Kier molecular flexibility index (Phi) is 4.74. The van der Waals surface area contributed by atoms with Gasteiger partial charge in [-0.3, -0.25) is 5.01 Å². The second kappa shape index (κ2) is 7.00. The highest BCUT2D eigenvalue weighted by Gasteiger charge is 2.31. The molecule has 0 saturated heterocycles. The van der Waals surface area contributed by atoms with Gasteiger partial charge in [0.2, 0.25) is 0 Å². The summed E-state index contributed by atoms with van der Waals surface area (Å²) in [5.74, 6) is 0. The molecule has 1 aromatic heterocycles. The predicted octanol–water partition coefficient (Wildman–Crippen LogP) is 7.06. The van der Waals surface area contributed by atoms with Crippen molar-refractivity contribution in [3.63, 3.8) is 0 Å². The van der Waals surface area contributed by atoms with E-state index in [2.05, 4.69) is 11.4 Å². The first-order valence-corrected chi connectivity index (χ1v) is 9.74. The van der Waals surface area contributed by atoms with Crippen molar-refractivity contribution in [2.45, 2.75) is 12.5 Å². The lowest BCUT2D eigenvalue weighted by Crippen LogP contribution is -2.18. The second-order valence-electron chi connectivity index (χ2n) is 5.73. The Hall–Kier alpha value is -1.52. The van der Waals surface area contributed by atoms with Crippen LogP contribution in [-0.2, 0) is 0 Å². The molecule has 3 aromatic rings. The highest BCUT2D eigenvalue weighted by atomic mass is 35.5. The number of hydrogen-bond acceptors (Lipinski definition) is 3. The Balaban J connectivity index is 1.77. The Morgan fingerprint density at radius 3 is 2.40 bits per heavy atom. The molecule has 0 fully saturated rings. The Morgan fingerprint density at radius 2 is 1.72 bits per heavy atom. The van der Waals surface area contributed by atoms with Crippen molar-refractivity contribution >= 4 is 57.5 Å². The Bertz CT molecular complexity index is 920. The molecule has 0 spiro atoms. The molecule has 0 radical (unpaired) electrons. The molecule has 25 heavy (non-hydrogen) atoms. The Labute approximate surface area is 165 Å². The Morgan fingerprint density at radius 1 is 0.960 bits per heavy atom. The maximum atomic E-state index is 6.48. The van der Waals surface area contributed by atoms with Crippen molar-refractivity contribution < 1.29 is 0 Å². The quantitative estimate of drug-likeness (QED) is 0.453. The molecule has 6 heteroatoms. The third-order valence-electron chi connectivity index (χ3n) is 4.13. The number of hydrazone groups is 1. The van der Waals surface area contributed by atoms with Crippen LogP contribution in [0, 0.1) is 0 Å². The van der Waals surface area contributed by atoms with Gasteiger partial charge in [-0.25, -0.2) is 0 Å². The van der Waals surface area contributed by atoms with E-state index in [1.165, 1.54) is 4.88 Å². The fourth-order valence-corrected chi connectivity index (χ4v) is 4.33. The third kappa shape index (κ3) is 3.42. The molecule has 1 atom stereocenters. The van der Waals surface area contributed by atoms with Crippen LogP contribution in [0.15, 0.2) is 65.1 Å².